The Morgan fingerprint density at radius 1 is 1.41 bits per heavy atom. The van der Waals surface area contributed by atoms with Gasteiger partial charge in [-0.2, -0.15) is 0 Å². The van der Waals surface area contributed by atoms with Gasteiger partial charge in [-0.3, -0.25) is 0 Å². The summed E-state index contributed by atoms with van der Waals surface area (Å²) in [6.07, 6.45) is 2.50. The van der Waals surface area contributed by atoms with Crippen molar-refractivity contribution in [2.45, 2.75) is 13.8 Å². The van der Waals surface area contributed by atoms with Gasteiger partial charge in [0.25, 0.3) is 0 Å². The van der Waals surface area contributed by atoms with Gasteiger partial charge in [0.2, 0.25) is 0 Å². The van der Waals surface area contributed by atoms with Crippen molar-refractivity contribution >= 4 is 18.0 Å². The number of aryl methyl sites for hydroxylation is 1. The molecule has 1 N–H and O–H groups in total. The quantitative estimate of drug-likeness (QED) is 0.641. The number of carboxylic acid groups (broad SMARTS) is 1. The molecule has 0 fully saturated rings. The third-order valence-electron chi connectivity index (χ3n) is 2.20. The number of carbonyl (C=O) groups excluding carboxylic acids is 1. The molecule has 0 saturated heterocycles. The first-order valence-electron chi connectivity index (χ1n) is 5.23. The first-order chi connectivity index (χ1) is 8.04. The van der Waals surface area contributed by atoms with Gasteiger partial charge >= 0.3 is 11.9 Å². The zero-order valence-electron chi connectivity index (χ0n) is 9.77. The lowest BCUT2D eigenvalue weighted by molar-refractivity contribution is -0.131. The van der Waals surface area contributed by atoms with E-state index in [1.165, 1.54) is 6.08 Å². The maximum atomic E-state index is 11.5. The monoisotopic (exact) mass is 234 g/mol. The number of hydrogen-bond donors (Lipinski definition) is 1. The van der Waals surface area contributed by atoms with Gasteiger partial charge in [0.15, 0.2) is 0 Å². The lowest BCUT2D eigenvalue weighted by atomic mass is 10.0. The van der Waals surface area contributed by atoms with E-state index >= 15 is 0 Å². The highest BCUT2D eigenvalue weighted by Crippen LogP contribution is 2.14. The number of aliphatic carboxylic acids is 1. The van der Waals surface area contributed by atoms with E-state index in [0.29, 0.717) is 17.7 Å². The van der Waals surface area contributed by atoms with Gasteiger partial charge < -0.3 is 9.84 Å². The van der Waals surface area contributed by atoms with Crippen molar-refractivity contribution in [2.24, 2.45) is 0 Å². The molecule has 0 amide bonds. The van der Waals surface area contributed by atoms with Gasteiger partial charge in [-0.05, 0) is 43.2 Å². The molecule has 0 aliphatic rings. The normalized spacial score (nSPS) is 10.5. The number of carbonyl (C=O) groups is 2. The number of esters is 1. The van der Waals surface area contributed by atoms with Gasteiger partial charge in [-0.25, -0.2) is 9.59 Å². The van der Waals surface area contributed by atoms with Crippen LogP contribution in [0.3, 0.4) is 0 Å². The molecule has 1 rings (SSSR count). The Balaban J connectivity index is 3.02. The first kappa shape index (κ1) is 13.0. The average molecular weight is 234 g/mol. The average Bonchev–Trinajstić information content (AvgIpc) is 2.28. The summed E-state index contributed by atoms with van der Waals surface area (Å²) in [5.74, 6) is -1.43. The van der Waals surface area contributed by atoms with Crippen LogP contribution in [-0.2, 0) is 9.53 Å². The molecule has 1 aromatic rings. The molecule has 0 atom stereocenters. The zero-order valence-corrected chi connectivity index (χ0v) is 9.77. The van der Waals surface area contributed by atoms with E-state index in [0.717, 1.165) is 11.6 Å². The molecule has 0 unspecified atom stereocenters. The molecular formula is C13H14O4. The second-order valence-electron chi connectivity index (χ2n) is 3.46. The van der Waals surface area contributed by atoms with Crippen LogP contribution < -0.4 is 0 Å². The van der Waals surface area contributed by atoms with E-state index in [9.17, 15) is 9.59 Å². The van der Waals surface area contributed by atoms with Crippen LogP contribution in [0, 0.1) is 6.92 Å². The van der Waals surface area contributed by atoms with Crippen molar-refractivity contribution in [3.8, 4) is 0 Å². The summed E-state index contributed by atoms with van der Waals surface area (Å²) in [6.45, 7) is 3.89. The summed E-state index contributed by atoms with van der Waals surface area (Å²) in [5.41, 5.74) is 2.01. The molecule has 4 heteroatoms. The van der Waals surface area contributed by atoms with Gasteiger partial charge in [0, 0.05) is 6.08 Å². The number of carboxylic acids is 1. The van der Waals surface area contributed by atoms with Crippen molar-refractivity contribution in [3.05, 3.63) is 41.0 Å². The number of rotatable bonds is 4. The van der Waals surface area contributed by atoms with Crippen molar-refractivity contribution in [1.29, 1.82) is 0 Å². The molecular weight excluding hydrogens is 220 g/mol. The highest BCUT2D eigenvalue weighted by atomic mass is 16.5. The molecule has 0 bridgehead atoms. The highest BCUT2D eigenvalue weighted by Gasteiger charge is 2.07. The summed E-state index contributed by atoms with van der Waals surface area (Å²) >= 11 is 0. The van der Waals surface area contributed by atoms with Gasteiger partial charge in [-0.15, -0.1) is 0 Å². The fraction of sp³-hybridized carbons (Fsp3) is 0.231. The molecule has 0 radical (unpaired) electrons. The Labute approximate surface area is 99.5 Å². The Hall–Kier alpha value is -2.10. The predicted molar refractivity (Wildman–Crippen MR) is 63.8 cm³/mol. The molecule has 0 heterocycles. The molecule has 0 aromatic heterocycles. The van der Waals surface area contributed by atoms with E-state index in [2.05, 4.69) is 0 Å². The van der Waals surface area contributed by atoms with Crippen LogP contribution in [0.2, 0.25) is 0 Å². The van der Waals surface area contributed by atoms with Crippen LogP contribution in [0.25, 0.3) is 6.08 Å². The maximum absolute atomic E-state index is 11.5. The van der Waals surface area contributed by atoms with E-state index < -0.39 is 11.9 Å². The molecule has 4 nitrogen and oxygen atoms in total. The highest BCUT2D eigenvalue weighted by molar-refractivity contribution is 5.91. The fourth-order valence-electron chi connectivity index (χ4n) is 1.32. The second-order valence-corrected chi connectivity index (χ2v) is 3.46. The number of benzene rings is 1. The van der Waals surface area contributed by atoms with Crippen LogP contribution in [-0.4, -0.2) is 23.7 Å². The molecule has 1 aromatic carbocycles. The van der Waals surface area contributed by atoms with Crippen molar-refractivity contribution < 1.29 is 19.4 Å². The molecule has 0 aliphatic carbocycles. The van der Waals surface area contributed by atoms with Crippen molar-refractivity contribution in [1.82, 2.24) is 0 Å². The topological polar surface area (TPSA) is 63.6 Å². The first-order valence-corrected chi connectivity index (χ1v) is 5.23. The Morgan fingerprint density at radius 3 is 2.71 bits per heavy atom. The van der Waals surface area contributed by atoms with Crippen molar-refractivity contribution in [3.63, 3.8) is 0 Å². The molecule has 0 spiro atoms. The van der Waals surface area contributed by atoms with E-state index in [1.807, 2.05) is 6.92 Å². The standard InChI is InChI=1S/C13H14O4/c1-3-17-13(16)11-5-4-9(2)10(8-11)6-7-12(14)15/h4-8H,3H2,1-2H3,(H,14,15)/b7-6+. The van der Waals surface area contributed by atoms with E-state index in [4.69, 9.17) is 9.84 Å². The van der Waals surface area contributed by atoms with E-state index in [1.54, 1.807) is 25.1 Å². The lowest BCUT2D eigenvalue weighted by Crippen LogP contribution is -2.05. The molecule has 0 saturated carbocycles. The molecule has 17 heavy (non-hydrogen) atoms. The SMILES string of the molecule is CCOC(=O)c1ccc(C)c(/C=C/C(=O)O)c1. The van der Waals surface area contributed by atoms with Crippen LogP contribution in [0.1, 0.15) is 28.4 Å². The van der Waals surface area contributed by atoms with Gasteiger partial charge in [-0.1, -0.05) is 6.07 Å². The van der Waals surface area contributed by atoms with Crippen LogP contribution in [0.4, 0.5) is 0 Å². The lowest BCUT2D eigenvalue weighted by Gasteiger charge is -2.05. The van der Waals surface area contributed by atoms with Crippen LogP contribution in [0.5, 0.6) is 0 Å². The summed E-state index contributed by atoms with van der Waals surface area (Å²) in [6, 6.07) is 5.03. The second kappa shape index (κ2) is 5.84. The van der Waals surface area contributed by atoms with Crippen LogP contribution in [0.15, 0.2) is 24.3 Å². The largest absolute Gasteiger partial charge is 0.478 e. The third-order valence-corrected chi connectivity index (χ3v) is 2.20. The number of ether oxygens (including phenoxy) is 1. The minimum atomic E-state index is -1.02. The summed E-state index contributed by atoms with van der Waals surface area (Å²) in [4.78, 5) is 21.9. The zero-order chi connectivity index (χ0) is 12.8. The van der Waals surface area contributed by atoms with Gasteiger partial charge in [0.05, 0.1) is 12.2 Å². The Morgan fingerprint density at radius 2 is 2.12 bits per heavy atom. The molecule has 90 valence electrons. The Bertz CT molecular complexity index is 460. The summed E-state index contributed by atoms with van der Waals surface area (Å²) < 4.78 is 4.87. The summed E-state index contributed by atoms with van der Waals surface area (Å²) in [5, 5.41) is 8.55. The minimum Gasteiger partial charge on any atom is -0.478 e. The predicted octanol–water partition coefficient (Wildman–Crippen LogP) is 2.27. The minimum absolute atomic E-state index is 0.313. The van der Waals surface area contributed by atoms with Crippen LogP contribution >= 0.6 is 0 Å². The third kappa shape index (κ3) is 3.75. The summed E-state index contributed by atoms with van der Waals surface area (Å²) in [7, 11) is 0. The smallest absolute Gasteiger partial charge is 0.338 e. The van der Waals surface area contributed by atoms with Gasteiger partial charge in [0.1, 0.15) is 0 Å². The fourth-order valence-corrected chi connectivity index (χ4v) is 1.32. The number of hydrogen-bond acceptors (Lipinski definition) is 3. The van der Waals surface area contributed by atoms with E-state index in [-0.39, 0.29) is 0 Å². The van der Waals surface area contributed by atoms with Crippen molar-refractivity contribution in [2.75, 3.05) is 6.61 Å². The molecule has 0 aliphatic heterocycles. The maximum Gasteiger partial charge on any atom is 0.338 e. The Kier molecular flexibility index (Phi) is 4.46.